The Balaban J connectivity index is 2.29. The second-order valence-electron chi connectivity index (χ2n) is 3.42. The first-order chi connectivity index (χ1) is 7.79. The maximum absolute atomic E-state index is 5.37. The second-order valence-corrected chi connectivity index (χ2v) is 4.34. The van der Waals surface area contributed by atoms with E-state index in [0.717, 1.165) is 16.0 Å². The van der Waals surface area contributed by atoms with E-state index in [1.54, 1.807) is 11.3 Å². The van der Waals surface area contributed by atoms with Crippen molar-refractivity contribution in [3.8, 4) is 24.2 Å². The number of hydrogen-bond donors (Lipinski definition) is 0. The summed E-state index contributed by atoms with van der Waals surface area (Å²) in [6.45, 7) is 2.06. The molecule has 2 aromatic rings. The smallest absolute Gasteiger partial charge is 0.0928 e. The summed E-state index contributed by atoms with van der Waals surface area (Å²) in [6.07, 6.45) is 5.37. The Morgan fingerprint density at radius 1 is 1.06 bits per heavy atom. The molecule has 0 unspecified atom stereocenters. The van der Waals surface area contributed by atoms with Crippen molar-refractivity contribution in [2.75, 3.05) is 0 Å². The first-order valence-corrected chi connectivity index (χ1v) is 5.80. The fraction of sp³-hybridized carbons (Fsp3) is 0.0667. The summed E-state index contributed by atoms with van der Waals surface area (Å²) in [4.78, 5) is 0.961. The zero-order valence-electron chi connectivity index (χ0n) is 8.95. The van der Waals surface area contributed by atoms with Crippen molar-refractivity contribution in [2.45, 2.75) is 6.92 Å². The number of rotatable bonds is 0. The van der Waals surface area contributed by atoms with Gasteiger partial charge < -0.3 is 0 Å². The zero-order chi connectivity index (χ0) is 11.4. The average Bonchev–Trinajstić information content (AvgIpc) is 2.76. The molecule has 1 heterocycles. The van der Waals surface area contributed by atoms with E-state index >= 15 is 0 Å². The molecule has 0 aliphatic rings. The highest BCUT2D eigenvalue weighted by Gasteiger charge is 1.96. The molecule has 0 nitrogen and oxygen atoms in total. The lowest BCUT2D eigenvalue weighted by Crippen LogP contribution is -1.76. The largest absolute Gasteiger partial charge is 0.134 e. The topological polar surface area (TPSA) is 0 Å². The summed E-state index contributed by atoms with van der Waals surface area (Å²) in [5.41, 5.74) is 3.14. The van der Waals surface area contributed by atoms with Crippen LogP contribution < -0.4 is 0 Å². The predicted octanol–water partition coefficient (Wildman–Crippen LogP) is 3.44. The minimum Gasteiger partial charge on any atom is -0.134 e. The quantitative estimate of drug-likeness (QED) is 0.599. The van der Waals surface area contributed by atoms with Crippen LogP contribution in [0.3, 0.4) is 0 Å². The van der Waals surface area contributed by atoms with E-state index in [0.29, 0.717) is 0 Å². The highest BCUT2D eigenvalue weighted by atomic mass is 32.1. The van der Waals surface area contributed by atoms with Gasteiger partial charge in [0.1, 0.15) is 0 Å². The summed E-state index contributed by atoms with van der Waals surface area (Å²) < 4.78 is 0. The Hall–Kier alpha value is -1.96. The van der Waals surface area contributed by atoms with Gasteiger partial charge in [0.2, 0.25) is 0 Å². The summed E-state index contributed by atoms with van der Waals surface area (Å²) in [6, 6.07) is 10.1. The molecule has 0 saturated carbocycles. The molecule has 2 rings (SSSR count). The molecule has 0 amide bonds. The first kappa shape index (κ1) is 10.6. The monoisotopic (exact) mass is 222 g/mol. The van der Waals surface area contributed by atoms with Gasteiger partial charge in [-0.15, -0.1) is 17.8 Å². The molecular weight excluding hydrogens is 212 g/mol. The molecule has 0 saturated heterocycles. The number of terminal acetylenes is 1. The second kappa shape index (κ2) is 4.71. The summed E-state index contributed by atoms with van der Waals surface area (Å²) in [5.74, 6) is 8.85. The first-order valence-electron chi connectivity index (χ1n) is 4.92. The zero-order valence-corrected chi connectivity index (χ0v) is 9.77. The lowest BCUT2D eigenvalue weighted by atomic mass is 10.1. The molecule has 0 N–H and O–H groups in total. The number of thiophene rings is 1. The normalized spacial score (nSPS) is 9.00. The predicted molar refractivity (Wildman–Crippen MR) is 69.4 cm³/mol. The van der Waals surface area contributed by atoms with Crippen LogP contribution in [0.2, 0.25) is 0 Å². The van der Waals surface area contributed by atoms with Crippen LogP contribution in [0.1, 0.15) is 21.6 Å². The maximum Gasteiger partial charge on any atom is 0.0928 e. The van der Waals surface area contributed by atoms with Crippen LogP contribution in [-0.4, -0.2) is 0 Å². The Kier molecular flexibility index (Phi) is 3.10. The highest BCUT2D eigenvalue weighted by Crippen LogP contribution is 2.14. The average molecular weight is 222 g/mol. The van der Waals surface area contributed by atoms with Gasteiger partial charge in [0.05, 0.1) is 10.4 Å². The van der Waals surface area contributed by atoms with E-state index < -0.39 is 0 Å². The van der Waals surface area contributed by atoms with Crippen LogP contribution in [0.15, 0.2) is 35.7 Å². The van der Waals surface area contributed by atoms with Gasteiger partial charge in [-0.1, -0.05) is 29.5 Å². The Morgan fingerprint density at radius 2 is 1.81 bits per heavy atom. The van der Waals surface area contributed by atoms with Crippen LogP contribution in [0.5, 0.6) is 0 Å². The molecule has 1 heteroatoms. The van der Waals surface area contributed by atoms with Gasteiger partial charge in [0, 0.05) is 5.56 Å². The Labute approximate surface area is 100.0 Å². The highest BCUT2D eigenvalue weighted by molar-refractivity contribution is 7.10. The number of hydrogen-bond acceptors (Lipinski definition) is 1. The van der Waals surface area contributed by atoms with Crippen molar-refractivity contribution in [2.24, 2.45) is 0 Å². The van der Waals surface area contributed by atoms with Crippen LogP contribution in [0.25, 0.3) is 0 Å². The molecule has 76 valence electrons. The molecule has 0 radical (unpaired) electrons. The van der Waals surface area contributed by atoms with Crippen LogP contribution in [-0.2, 0) is 0 Å². The molecule has 0 aliphatic carbocycles. The Bertz CT molecular complexity index is 583. The van der Waals surface area contributed by atoms with Crippen molar-refractivity contribution in [3.05, 3.63) is 57.3 Å². The lowest BCUT2D eigenvalue weighted by molar-refractivity contribution is 1.46. The SMILES string of the molecule is C#Cc1ccsc1C#Cc1ccc(C)cc1. The number of aryl methyl sites for hydroxylation is 1. The summed E-state index contributed by atoms with van der Waals surface area (Å²) in [5, 5.41) is 1.97. The Morgan fingerprint density at radius 3 is 2.50 bits per heavy atom. The van der Waals surface area contributed by atoms with Crippen molar-refractivity contribution < 1.29 is 0 Å². The van der Waals surface area contributed by atoms with Gasteiger partial charge in [0.25, 0.3) is 0 Å². The van der Waals surface area contributed by atoms with Crippen molar-refractivity contribution in [3.63, 3.8) is 0 Å². The molecule has 16 heavy (non-hydrogen) atoms. The molecule has 0 bridgehead atoms. The number of benzene rings is 1. The lowest BCUT2D eigenvalue weighted by Gasteiger charge is -1.91. The van der Waals surface area contributed by atoms with Crippen molar-refractivity contribution >= 4 is 11.3 Å². The van der Waals surface area contributed by atoms with Crippen molar-refractivity contribution in [1.29, 1.82) is 0 Å². The summed E-state index contributed by atoms with van der Waals surface area (Å²) in [7, 11) is 0. The molecule has 0 spiro atoms. The molecule has 1 aromatic carbocycles. The standard InChI is InChI=1S/C15H10S/c1-3-14-10-11-16-15(14)9-8-13-6-4-12(2)5-7-13/h1,4-7,10-11H,2H3. The molecular formula is C15H10S. The fourth-order valence-corrected chi connectivity index (χ4v) is 1.99. The van der Waals surface area contributed by atoms with Gasteiger partial charge in [-0.05, 0) is 36.4 Å². The van der Waals surface area contributed by atoms with Crippen LogP contribution in [0.4, 0.5) is 0 Å². The fourth-order valence-electron chi connectivity index (χ4n) is 1.29. The van der Waals surface area contributed by atoms with Crippen LogP contribution in [0, 0.1) is 31.1 Å². The summed E-state index contributed by atoms with van der Waals surface area (Å²) >= 11 is 1.58. The van der Waals surface area contributed by atoms with Gasteiger partial charge in [-0.25, -0.2) is 0 Å². The van der Waals surface area contributed by atoms with E-state index in [1.165, 1.54) is 5.56 Å². The van der Waals surface area contributed by atoms with Gasteiger partial charge in [-0.3, -0.25) is 0 Å². The third kappa shape index (κ3) is 2.34. The maximum atomic E-state index is 5.37. The molecule has 0 aliphatic heterocycles. The van der Waals surface area contributed by atoms with E-state index in [-0.39, 0.29) is 0 Å². The van der Waals surface area contributed by atoms with Crippen molar-refractivity contribution in [1.82, 2.24) is 0 Å². The van der Waals surface area contributed by atoms with Crippen LogP contribution >= 0.6 is 11.3 Å². The van der Waals surface area contributed by atoms with Gasteiger partial charge >= 0.3 is 0 Å². The van der Waals surface area contributed by atoms with E-state index in [9.17, 15) is 0 Å². The molecule has 1 aromatic heterocycles. The van der Waals surface area contributed by atoms with E-state index in [4.69, 9.17) is 6.42 Å². The van der Waals surface area contributed by atoms with Gasteiger partial charge in [-0.2, -0.15) is 0 Å². The third-order valence-electron chi connectivity index (χ3n) is 2.19. The molecule has 0 atom stereocenters. The van der Waals surface area contributed by atoms with Gasteiger partial charge in [0.15, 0.2) is 0 Å². The van der Waals surface area contributed by atoms with E-state index in [1.807, 2.05) is 23.6 Å². The molecule has 0 fully saturated rings. The van der Waals surface area contributed by atoms with E-state index in [2.05, 4.69) is 36.8 Å². The third-order valence-corrected chi connectivity index (χ3v) is 3.02. The minimum atomic E-state index is 0.879. The minimum absolute atomic E-state index is 0.879.